The number of nitrogens with zero attached hydrogens (tertiary/aromatic N) is 1. The van der Waals surface area contributed by atoms with Crippen molar-refractivity contribution in [2.75, 3.05) is 20.2 Å². The van der Waals surface area contributed by atoms with Crippen LogP contribution in [0.5, 0.6) is 17.2 Å². The molecule has 0 bridgehead atoms. The minimum Gasteiger partial charge on any atom is -0.508 e. The molecule has 1 aliphatic rings. The average Bonchev–Trinajstić information content (AvgIpc) is 2.88. The molecule has 1 heterocycles. The molecular weight excluding hydrogens is 470 g/mol. The van der Waals surface area contributed by atoms with Gasteiger partial charge in [-0.05, 0) is 97.3 Å². The highest BCUT2D eigenvalue weighted by atomic mass is 16.5. The number of methoxy groups -OCH3 is 1. The minimum atomic E-state index is -1.11. The topological polar surface area (TPSA) is 114 Å². The van der Waals surface area contributed by atoms with E-state index in [9.17, 15) is 25.5 Å². The second kappa shape index (κ2) is 11.1. The number of aromatic hydroxyl groups is 2. The Labute approximate surface area is 218 Å². The van der Waals surface area contributed by atoms with Gasteiger partial charge in [-0.1, -0.05) is 24.3 Å². The van der Waals surface area contributed by atoms with Crippen LogP contribution in [0.15, 0.2) is 60.7 Å². The molecule has 0 saturated carbocycles. The van der Waals surface area contributed by atoms with Gasteiger partial charge in [0.1, 0.15) is 17.2 Å². The summed E-state index contributed by atoms with van der Waals surface area (Å²) in [6.07, 6.45) is -0.426. The van der Waals surface area contributed by atoms with Gasteiger partial charge in [0.15, 0.2) is 0 Å². The molecule has 4 atom stereocenters. The molecule has 198 valence electrons. The number of aryl methyl sites for hydroxylation is 2. The zero-order valence-electron chi connectivity index (χ0n) is 21.6. The van der Waals surface area contributed by atoms with E-state index in [4.69, 9.17) is 4.74 Å². The Balaban J connectivity index is 1.59. The molecule has 3 aromatic carbocycles. The highest BCUT2D eigenvalue weighted by Crippen LogP contribution is 2.40. The van der Waals surface area contributed by atoms with Crippen molar-refractivity contribution < 1.29 is 30.3 Å². The molecule has 5 N–H and O–H groups in total. The van der Waals surface area contributed by atoms with Gasteiger partial charge in [0.25, 0.3) is 0 Å². The molecule has 37 heavy (non-hydrogen) atoms. The van der Waals surface area contributed by atoms with Crippen molar-refractivity contribution in [1.82, 2.24) is 4.90 Å². The van der Waals surface area contributed by atoms with E-state index in [2.05, 4.69) is 4.90 Å². The Kier molecular flexibility index (Phi) is 8.09. The maximum atomic E-state index is 11.7. The third-order valence-electron chi connectivity index (χ3n) is 7.62. The van der Waals surface area contributed by atoms with Gasteiger partial charge in [-0.3, -0.25) is 4.90 Å². The summed E-state index contributed by atoms with van der Waals surface area (Å²) in [6.45, 7) is 4.42. The summed E-state index contributed by atoms with van der Waals surface area (Å²) in [5, 5.41) is 53.7. The molecule has 0 aromatic heterocycles. The van der Waals surface area contributed by atoms with Crippen LogP contribution in [0.25, 0.3) is 0 Å². The first-order valence-electron chi connectivity index (χ1n) is 12.7. The van der Waals surface area contributed by atoms with Gasteiger partial charge in [0, 0.05) is 19.1 Å². The smallest absolute Gasteiger partial charge is 0.119 e. The van der Waals surface area contributed by atoms with Gasteiger partial charge in [-0.15, -0.1) is 0 Å². The van der Waals surface area contributed by atoms with Crippen molar-refractivity contribution in [1.29, 1.82) is 0 Å². The summed E-state index contributed by atoms with van der Waals surface area (Å²) in [4.78, 5) is 2.12. The lowest BCUT2D eigenvalue weighted by molar-refractivity contribution is -0.0711. The van der Waals surface area contributed by atoms with Crippen molar-refractivity contribution in [2.24, 2.45) is 0 Å². The van der Waals surface area contributed by atoms with Crippen molar-refractivity contribution >= 4 is 0 Å². The fraction of sp³-hybridized carbons (Fsp3) is 0.400. The third kappa shape index (κ3) is 6.08. The number of phenolic OH excluding ortho intramolecular Hbond substituents is 2. The molecule has 4 unspecified atom stereocenters. The van der Waals surface area contributed by atoms with E-state index in [1.165, 1.54) is 0 Å². The fourth-order valence-corrected chi connectivity index (χ4v) is 5.27. The molecule has 0 amide bonds. The summed E-state index contributed by atoms with van der Waals surface area (Å²) >= 11 is 0. The first kappa shape index (κ1) is 26.9. The number of β-amino-alcohol motifs (C(OH)–C–C–N with tert-alkyl or cyclic N) is 1. The number of likely N-dealkylation sites (tertiary alicyclic amines) is 1. The molecule has 0 aliphatic carbocycles. The number of hydrogen-bond donors (Lipinski definition) is 5. The Morgan fingerprint density at radius 2 is 1.54 bits per heavy atom. The number of hydrogen-bond acceptors (Lipinski definition) is 7. The van der Waals surface area contributed by atoms with E-state index in [0.717, 1.165) is 5.56 Å². The first-order valence-corrected chi connectivity index (χ1v) is 12.7. The van der Waals surface area contributed by atoms with Crippen molar-refractivity contribution in [3.05, 3.63) is 88.5 Å². The van der Waals surface area contributed by atoms with Crippen LogP contribution < -0.4 is 4.74 Å². The highest BCUT2D eigenvalue weighted by Gasteiger charge is 2.41. The number of aliphatic hydroxyl groups excluding tert-OH is 2. The third-order valence-corrected chi connectivity index (χ3v) is 7.62. The maximum Gasteiger partial charge on any atom is 0.119 e. The number of phenols is 2. The standard InChI is InChI=1S/C30H37NO6/c1-19-13-21(7-9-26(19)32)28(34)16-24-17-30(36,23-5-4-6-25(15-23)37-3)11-12-31(24)18-29(35)22-8-10-27(33)20(2)14-22/h4-10,13-15,24,28-29,32-36H,11-12,16-18H2,1-3H3. The van der Waals surface area contributed by atoms with Crippen molar-refractivity contribution in [3.63, 3.8) is 0 Å². The summed E-state index contributed by atoms with van der Waals surface area (Å²) in [7, 11) is 1.59. The Morgan fingerprint density at radius 3 is 2.14 bits per heavy atom. The zero-order chi connectivity index (χ0) is 26.7. The van der Waals surface area contributed by atoms with Crippen LogP contribution in [0.3, 0.4) is 0 Å². The second-order valence-corrected chi connectivity index (χ2v) is 10.2. The molecule has 1 saturated heterocycles. The van der Waals surface area contributed by atoms with E-state index >= 15 is 0 Å². The number of piperidine rings is 1. The normalized spacial score (nSPS) is 21.9. The number of benzene rings is 3. The summed E-state index contributed by atoms with van der Waals surface area (Å²) in [5.41, 5.74) is 2.43. The number of ether oxygens (including phenoxy) is 1. The summed E-state index contributed by atoms with van der Waals surface area (Å²) < 4.78 is 5.37. The van der Waals surface area contributed by atoms with E-state index in [0.29, 0.717) is 60.4 Å². The Bertz CT molecular complexity index is 1230. The predicted molar refractivity (Wildman–Crippen MR) is 142 cm³/mol. The summed E-state index contributed by atoms with van der Waals surface area (Å²) in [5.74, 6) is 1.03. The lowest BCUT2D eigenvalue weighted by Crippen LogP contribution is -2.50. The van der Waals surface area contributed by atoms with E-state index in [1.54, 1.807) is 57.4 Å². The quantitative estimate of drug-likeness (QED) is 0.310. The van der Waals surface area contributed by atoms with Crippen LogP contribution in [-0.2, 0) is 5.60 Å². The average molecular weight is 508 g/mol. The molecule has 7 nitrogen and oxygen atoms in total. The van der Waals surface area contributed by atoms with Crippen molar-refractivity contribution in [3.8, 4) is 17.2 Å². The van der Waals surface area contributed by atoms with Gasteiger partial charge >= 0.3 is 0 Å². The number of rotatable bonds is 8. The van der Waals surface area contributed by atoms with Gasteiger partial charge in [0.05, 0.1) is 24.9 Å². The van der Waals surface area contributed by atoms with Gasteiger partial charge < -0.3 is 30.3 Å². The second-order valence-electron chi connectivity index (χ2n) is 10.2. The lowest BCUT2D eigenvalue weighted by atomic mass is 9.78. The number of aliphatic hydroxyl groups is 3. The van der Waals surface area contributed by atoms with Crippen LogP contribution in [0.4, 0.5) is 0 Å². The lowest BCUT2D eigenvalue weighted by Gasteiger charge is -2.45. The van der Waals surface area contributed by atoms with Crippen LogP contribution in [0.2, 0.25) is 0 Å². The molecular formula is C30H37NO6. The van der Waals surface area contributed by atoms with Crippen LogP contribution in [0, 0.1) is 13.8 Å². The predicted octanol–water partition coefficient (Wildman–Crippen LogP) is 4.23. The van der Waals surface area contributed by atoms with E-state index < -0.39 is 17.8 Å². The van der Waals surface area contributed by atoms with Gasteiger partial charge in [-0.2, -0.15) is 0 Å². The molecule has 3 aromatic rings. The van der Waals surface area contributed by atoms with Crippen LogP contribution >= 0.6 is 0 Å². The van der Waals surface area contributed by atoms with Crippen LogP contribution in [0.1, 0.15) is 59.3 Å². The SMILES string of the molecule is COc1cccc(C2(O)CCN(CC(O)c3ccc(O)c(C)c3)C(CC(O)c3ccc(O)c(C)c3)C2)c1. The minimum absolute atomic E-state index is 0.176. The van der Waals surface area contributed by atoms with Crippen LogP contribution in [-0.4, -0.2) is 56.7 Å². The largest absolute Gasteiger partial charge is 0.508 e. The monoisotopic (exact) mass is 507 g/mol. The molecule has 0 spiro atoms. The van der Waals surface area contributed by atoms with E-state index in [1.807, 2.05) is 24.3 Å². The first-order chi connectivity index (χ1) is 17.6. The fourth-order valence-electron chi connectivity index (χ4n) is 5.27. The highest BCUT2D eigenvalue weighted by molar-refractivity contribution is 5.37. The molecule has 4 rings (SSSR count). The molecule has 7 heteroatoms. The molecule has 0 radical (unpaired) electrons. The Morgan fingerprint density at radius 1 is 0.919 bits per heavy atom. The molecule has 1 fully saturated rings. The van der Waals surface area contributed by atoms with E-state index in [-0.39, 0.29) is 17.5 Å². The molecule has 1 aliphatic heterocycles. The summed E-state index contributed by atoms with van der Waals surface area (Å²) in [6, 6.07) is 17.3. The van der Waals surface area contributed by atoms with Crippen molar-refractivity contribution in [2.45, 2.75) is 57.0 Å². The van der Waals surface area contributed by atoms with Gasteiger partial charge in [-0.25, -0.2) is 0 Å². The van der Waals surface area contributed by atoms with Gasteiger partial charge in [0.2, 0.25) is 0 Å². The maximum absolute atomic E-state index is 11.7. The Hall–Kier alpha value is -3.10. The zero-order valence-corrected chi connectivity index (χ0v) is 21.6.